The van der Waals surface area contributed by atoms with Crippen LogP contribution < -0.4 is 30.3 Å². The molecular formula is C61H64Cl2NO2PRu. The van der Waals surface area contributed by atoms with Crippen molar-refractivity contribution in [1.29, 1.82) is 0 Å². The van der Waals surface area contributed by atoms with Gasteiger partial charge in [-0.3, -0.25) is 0 Å². The van der Waals surface area contributed by atoms with Crippen LogP contribution in [0.1, 0.15) is 105 Å². The van der Waals surface area contributed by atoms with E-state index in [2.05, 4.69) is 211 Å². The van der Waals surface area contributed by atoms with Crippen molar-refractivity contribution >= 4 is 58.6 Å². The summed E-state index contributed by atoms with van der Waals surface area (Å²) in [4.78, 5) is 2.61. The van der Waals surface area contributed by atoms with Gasteiger partial charge in [-0.05, 0) is 104 Å². The van der Waals surface area contributed by atoms with Crippen LogP contribution in [0.3, 0.4) is 0 Å². The fourth-order valence-corrected chi connectivity index (χ4v) is 15.4. The van der Waals surface area contributed by atoms with E-state index in [1.807, 2.05) is 24.3 Å². The fourth-order valence-electron chi connectivity index (χ4n) is 10.4. The van der Waals surface area contributed by atoms with E-state index in [9.17, 15) is 0 Å². The second-order valence-electron chi connectivity index (χ2n) is 19.1. The second-order valence-corrected chi connectivity index (χ2v) is 27.4. The first-order valence-electron chi connectivity index (χ1n) is 23.7. The van der Waals surface area contributed by atoms with Gasteiger partial charge in [-0.1, -0.05) is 112 Å². The zero-order valence-electron chi connectivity index (χ0n) is 40.5. The second kappa shape index (κ2) is 21.9. The molecule has 0 saturated carbocycles. The molecule has 1 heterocycles. The number of hydrogen-bond acceptors (Lipinski definition) is 3. The first kappa shape index (κ1) is 49.6. The SMILES string of the molecule is COc1cc2c(cc1OC)C1([CH-]N(c3c(C(C)C)cccc3C(C)C)C(C)(C)C1)CC2.[Cl][Ru]([Cl])=[C]1C=C(c2ccccc2)c2ccccc21.c1ccc([PH+](c2ccccc2)c2ccccc2)cc1. The molecule has 0 N–H and O–H groups in total. The van der Waals surface area contributed by atoms with Crippen LogP contribution in [0.5, 0.6) is 11.5 Å². The van der Waals surface area contributed by atoms with Gasteiger partial charge in [0.25, 0.3) is 0 Å². The van der Waals surface area contributed by atoms with Crippen LogP contribution in [0.2, 0.25) is 0 Å². The van der Waals surface area contributed by atoms with E-state index < -0.39 is 21.4 Å². The number of hydrogen-bond donors (Lipinski definition) is 0. The van der Waals surface area contributed by atoms with Crippen LogP contribution in [0.15, 0.2) is 182 Å². The maximum absolute atomic E-state index is 6.19. The Morgan fingerprint density at radius 1 is 0.603 bits per heavy atom. The number of methoxy groups -OCH3 is 2. The van der Waals surface area contributed by atoms with Crippen molar-refractivity contribution in [1.82, 2.24) is 0 Å². The van der Waals surface area contributed by atoms with Crippen molar-refractivity contribution in [3.05, 3.63) is 227 Å². The molecule has 68 heavy (non-hydrogen) atoms. The van der Waals surface area contributed by atoms with Crippen LogP contribution in [0.4, 0.5) is 5.69 Å². The van der Waals surface area contributed by atoms with Gasteiger partial charge in [-0.2, -0.15) is 0 Å². The molecule has 0 amide bonds. The summed E-state index contributed by atoms with van der Waals surface area (Å²) in [5, 5.41) is 4.31. The van der Waals surface area contributed by atoms with Crippen molar-refractivity contribution in [3.8, 4) is 11.5 Å². The van der Waals surface area contributed by atoms with Gasteiger partial charge < -0.3 is 14.4 Å². The van der Waals surface area contributed by atoms with Crippen LogP contribution in [0, 0.1) is 6.54 Å². The molecule has 7 aromatic carbocycles. The molecule has 1 unspecified atom stereocenters. The maximum Gasteiger partial charge on any atom is 0.102 e. The average molecular weight is 1050 g/mol. The quantitative estimate of drug-likeness (QED) is 0.0817. The van der Waals surface area contributed by atoms with Gasteiger partial charge in [0.05, 0.1) is 22.1 Å². The number of allylic oxidation sites excluding steroid dienone is 1. The van der Waals surface area contributed by atoms with Crippen LogP contribution in [0.25, 0.3) is 5.57 Å². The number of benzene rings is 7. The molecule has 1 saturated heterocycles. The average Bonchev–Trinajstić information content (AvgIpc) is 4.01. The number of anilines is 1. The molecular weight excluding hydrogens is 982 g/mol. The third kappa shape index (κ3) is 10.5. The van der Waals surface area contributed by atoms with Gasteiger partial charge >= 0.3 is 120 Å². The summed E-state index contributed by atoms with van der Waals surface area (Å²) in [6.45, 7) is 16.6. The molecule has 7 aromatic rings. The van der Waals surface area contributed by atoms with Gasteiger partial charge in [0.2, 0.25) is 0 Å². The molecule has 0 bridgehead atoms. The van der Waals surface area contributed by atoms with E-state index in [0.717, 1.165) is 34.9 Å². The zero-order valence-corrected chi connectivity index (χ0v) is 44.8. The third-order valence-electron chi connectivity index (χ3n) is 13.5. The summed E-state index contributed by atoms with van der Waals surface area (Å²) in [5.41, 5.74) is 12.0. The smallest absolute Gasteiger partial charge is 0.0620 e. The summed E-state index contributed by atoms with van der Waals surface area (Å²) in [6.07, 6.45) is 5.48. The van der Waals surface area contributed by atoms with Crippen molar-refractivity contribution in [2.75, 3.05) is 19.1 Å². The number of rotatable bonds is 9. The Bertz CT molecular complexity index is 2760. The molecule has 1 aliphatic heterocycles. The van der Waals surface area contributed by atoms with Gasteiger partial charge in [0, 0.05) is 11.2 Å². The van der Waals surface area contributed by atoms with Crippen LogP contribution in [-0.2, 0) is 25.4 Å². The van der Waals surface area contributed by atoms with Gasteiger partial charge in [0.1, 0.15) is 15.9 Å². The monoisotopic (exact) mass is 1050 g/mol. The predicted octanol–water partition coefficient (Wildman–Crippen LogP) is 14.7. The Hall–Kier alpha value is -4.82. The fraction of sp³-hybridized carbons (Fsp3) is 0.246. The maximum atomic E-state index is 6.19. The summed E-state index contributed by atoms with van der Waals surface area (Å²) in [5.74, 6) is 2.63. The van der Waals surface area contributed by atoms with E-state index in [4.69, 9.17) is 28.9 Å². The van der Waals surface area contributed by atoms with Crippen molar-refractivity contribution in [3.63, 3.8) is 0 Å². The minimum Gasteiger partial charge on any atom is -0.0620 e. The molecule has 1 atom stereocenters. The summed E-state index contributed by atoms with van der Waals surface area (Å²) >= 11 is -1.88. The number of para-hydroxylation sites is 1. The zero-order chi connectivity index (χ0) is 48.0. The molecule has 7 heteroatoms. The molecule has 352 valence electrons. The van der Waals surface area contributed by atoms with E-state index in [-0.39, 0.29) is 11.0 Å². The first-order chi connectivity index (χ1) is 32.9. The number of nitrogens with zero attached hydrogens (tertiary/aromatic N) is 1. The number of aryl methyl sites for hydroxylation is 1. The predicted molar refractivity (Wildman–Crippen MR) is 292 cm³/mol. The minimum atomic E-state index is -1.88. The van der Waals surface area contributed by atoms with E-state index in [1.54, 1.807) is 14.2 Å². The molecule has 2 aliphatic carbocycles. The van der Waals surface area contributed by atoms with Crippen molar-refractivity contribution < 1.29 is 23.0 Å². The van der Waals surface area contributed by atoms with Gasteiger partial charge in [0.15, 0.2) is 11.5 Å². The van der Waals surface area contributed by atoms with E-state index >= 15 is 0 Å². The Morgan fingerprint density at radius 2 is 1.07 bits per heavy atom. The largest absolute Gasteiger partial charge is 0.102 e. The third-order valence-corrected chi connectivity index (χ3v) is 19.4. The standard InChI is InChI=1S/C28H38NO2.C18H15P.C15H10.2ClH.Ru/c1-18(2)21-10-9-11-22(19(3)4)26(21)29-17-28(16-27(29,5)6)13-12-20-14-24(30-7)25(31-8)15-23(20)28;1-4-10-16(11-5-1)19(17-12-6-2-7-13-17)18-14-8-3-9-15-18;1-2-6-12(7-3-1)15-11-10-13-8-4-5-9-14(13)15;;;/h9-11,14-15,17-19H,12-13,16H2,1-8H3;1-15H;1-9,11H;2*1H;/q-1;;;;;+2/p-1. The molecule has 1 spiro atoms. The van der Waals surface area contributed by atoms with Crippen LogP contribution in [-0.4, -0.2) is 23.9 Å². The number of ether oxygens (including phenoxy) is 2. The van der Waals surface area contributed by atoms with Gasteiger partial charge in [-0.15, -0.1) is 5.41 Å². The van der Waals surface area contributed by atoms with Crippen molar-refractivity contribution in [2.24, 2.45) is 0 Å². The number of halogens is 2. The molecule has 0 radical (unpaired) electrons. The van der Waals surface area contributed by atoms with Crippen LogP contribution >= 0.6 is 27.3 Å². The van der Waals surface area contributed by atoms with Crippen molar-refractivity contribution in [2.45, 2.75) is 83.6 Å². The number of fused-ring (bicyclic) bond motifs is 3. The van der Waals surface area contributed by atoms with E-state index in [0.29, 0.717) is 11.8 Å². The van der Waals surface area contributed by atoms with Gasteiger partial charge in [-0.25, -0.2) is 6.54 Å². The summed E-state index contributed by atoms with van der Waals surface area (Å²) < 4.78 is 12.4. The summed E-state index contributed by atoms with van der Waals surface area (Å²) in [7, 11) is 15.0. The summed E-state index contributed by atoms with van der Waals surface area (Å²) in [6, 6.07) is 62.5. The minimum absolute atomic E-state index is 0.0312. The Balaban J connectivity index is 0.000000146. The Morgan fingerprint density at radius 3 is 1.56 bits per heavy atom. The normalized spacial score (nSPS) is 16.7. The topological polar surface area (TPSA) is 21.7 Å². The molecule has 10 rings (SSSR count). The molecule has 0 aromatic heterocycles. The first-order valence-corrected chi connectivity index (χ1v) is 30.5. The molecule has 1 fully saturated rings. The van der Waals surface area contributed by atoms with E-state index in [1.165, 1.54) is 66.1 Å². The Labute approximate surface area is 420 Å². The molecule has 3 aliphatic rings. The molecule has 3 nitrogen and oxygen atoms in total. The Kier molecular flexibility index (Phi) is 15.9.